The molecule has 0 amide bonds. The highest BCUT2D eigenvalue weighted by atomic mass is 16.5. The summed E-state index contributed by atoms with van der Waals surface area (Å²) in [6.45, 7) is 8.46. The lowest BCUT2D eigenvalue weighted by Gasteiger charge is -2.31. The van der Waals surface area contributed by atoms with Crippen LogP contribution in [-0.2, 0) is 10.2 Å². The number of nitrogens with one attached hydrogen (secondary N) is 1. The smallest absolute Gasteiger partial charge is 0.102 e. The van der Waals surface area contributed by atoms with E-state index in [1.807, 2.05) is 0 Å². The molecule has 2 N–H and O–H groups in total. The van der Waals surface area contributed by atoms with Crippen molar-refractivity contribution in [2.75, 3.05) is 19.8 Å². The first kappa shape index (κ1) is 15.5. The highest BCUT2D eigenvalue weighted by Crippen LogP contribution is 2.28. The lowest BCUT2D eigenvalue weighted by Crippen LogP contribution is -2.45. The second-order valence-corrected chi connectivity index (χ2v) is 6.76. The molecule has 0 saturated carbocycles. The average Bonchev–Trinajstić information content (AvgIpc) is 2.85. The van der Waals surface area contributed by atoms with E-state index in [1.165, 1.54) is 5.56 Å². The van der Waals surface area contributed by atoms with Crippen LogP contribution in [0.25, 0.3) is 0 Å². The highest BCUT2D eigenvalue weighted by molar-refractivity contribution is 5.23. The van der Waals surface area contributed by atoms with Crippen molar-refractivity contribution in [2.24, 2.45) is 0 Å². The molecule has 2 rings (SSSR count). The minimum absolute atomic E-state index is 0.127. The first-order chi connectivity index (χ1) is 9.41. The van der Waals surface area contributed by atoms with Gasteiger partial charge in [-0.05, 0) is 24.3 Å². The first-order valence-electron chi connectivity index (χ1n) is 7.50. The summed E-state index contributed by atoms with van der Waals surface area (Å²) in [5, 5.41) is 13.7. The molecular weight excluding hydrogens is 250 g/mol. The number of rotatable bonds is 6. The molecule has 3 heteroatoms. The van der Waals surface area contributed by atoms with E-state index in [4.69, 9.17) is 4.74 Å². The molecule has 20 heavy (non-hydrogen) atoms. The van der Waals surface area contributed by atoms with Gasteiger partial charge in [-0.15, -0.1) is 0 Å². The molecular formula is C17H27NO2. The second-order valence-electron chi connectivity index (χ2n) is 6.76. The van der Waals surface area contributed by atoms with Crippen LogP contribution in [0.2, 0.25) is 0 Å². The lowest BCUT2D eigenvalue weighted by atomic mass is 9.79. The summed E-state index contributed by atoms with van der Waals surface area (Å²) >= 11 is 0. The van der Waals surface area contributed by atoms with E-state index in [1.54, 1.807) is 0 Å². The molecule has 0 spiro atoms. The maximum Gasteiger partial charge on any atom is 0.102 e. The Labute approximate surface area is 122 Å². The highest BCUT2D eigenvalue weighted by Gasteiger charge is 2.32. The summed E-state index contributed by atoms with van der Waals surface area (Å²) in [5.41, 5.74) is 0.810. The molecule has 0 aliphatic carbocycles. The molecule has 2 atom stereocenters. The minimum atomic E-state index is -0.675. The molecule has 1 aliphatic rings. The molecule has 112 valence electrons. The molecule has 1 aromatic carbocycles. The van der Waals surface area contributed by atoms with E-state index in [-0.39, 0.29) is 5.41 Å². The normalized spacial score (nSPS) is 24.8. The summed E-state index contributed by atoms with van der Waals surface area (Å²) < 4.78 is 5.27. The number of hydrogen-bond acceptors (Lipinski definition) is 3. The Hall–Kier alpha value is -0.900. The zero-order valence-electron chi connectivity index (χ0n) is 12.9. The van der Waals surface area contributed by atoms with Crippen molar-refractivity contribution in [3.05, 3.63) is 35.9 Å². The van der Waals surface area contributed by atoms with Gasteiger partial charge in [0.2, 0.25) is 0 Å². The molecule has 2 unspecified atom stereocenters. The van der Waals surface area contributed by atoms with E-state index >= 15 is 0 Å². The molecule has 1 aromatic rings. The number of aliphatic hydroxyl groups is 1. The zero-order chi connectivity index (χ0) is 14.6. The van der Waals surface area contributed by atoms with Crippen LogP contribution in [0, 0.1) is 0 Å². The number of benzene rings is 1. The molecule has 1 fully saturated rings. The van der Waals surface area contributed by atoms with Gasteiger partial charge < -0.3 is 15.2 Å². The van der Waals surface area contributed by atoms with Crippen LogP contribution in [0.5, 0.6) is 0 Å². The van der Waals surface area contributed by atoms with Crippen molar-refractivity contribution in [3.63, 3.8) is 0 Å². The van der Waals surface area contributed by atoms with Crippen molar-refractivity contribution >= 4 is 0 Å². The lowest BCUT2D eigenvalue weighted by molar-refractivity contribution is 0.0245. The van der Waals surface area contributed by atoms with Gasteiger partial charge in [0.1, 0.15) is 5.60 Å². The monoisotopic (exact) mass is 277 g/mol. The fourth-order valence-electron chi connectivity index (χ4n) is 2.94. The Balaban J connectivity index is 1.86. The molecule has 0 aromatic heterocycles. The van der Waals surface area contributed by atoms with Gasteiger partial charge in [0.15, 0.2) is 0 Å². The van der Waals surface area contributed by atoms with Crippen LogP contribution in [-0.4, -0.2) is 36.5 Å². The quantitative estimate of drug-likeness (QED) is 0.839. The zero-order valence-corrected chi connectivity index (χ0v) is 12.9. The Kier molecular flexibility index (Phi) is 4.84. The average molecular weight is 277 g/mol. The number of hydrogen-bond donors (Lipinski definition) is 2. The Morgan fingerprint density at radius 3 is 2.65 bits per heavy atom. The van der Waals surface area contributed by atoms with Gasteiger partial charge in [-0.3, -0.25) is 0 Å². The van der Waals surface area contributed by atoms with Gasteiger partial charge in [-0.1, -0.05) is 44.2 Å². The first-order valence-corrected chi connectivity index (χ1v) is 7.50. The van der Waals surface area contributed by atoms with E-state index in [9.17, 15) is 5.11 Å². The van der Waals surface area contributed by atoms with Crippen molar-refractivity contribution in [1.29, 1.82) is 0 Å². The Morgan fingerprint density at radius 2 is 2.05 bits per heavy atom. The van der Waals surface area contributed by atoms with Crippen LogP contribution < -0.4 is 5.32 Å². The van der Waals surface area contributed by atoms with Crippen LogP contribution in [0.1, 0.15) is 39.2 Å². The second kappa shape index (κ2) is 6.25. The van der Waals surface area contributed by atoms with Gasteiger partial charge in [0.25, 0.3) is 0 Å². The van der Waals surface area contributed by atoms with E-state index in [0.717, 1.165) is 12.8 Å². The fraction of sp³-hybridized carbons (Fsp3) is 0.647. The third-order valence-electron chi connectivity index (χ3n) is 4.23. The summed E-state index contributed by atoms with van der Waals surface area (Å²) in [6, 6.07) is 11.0. The topological polar surface area (TPSA) is 41.5 Å². The summed E-state index contributed by atoms with van der Waals surface area (Å²) in [6.07, 6.45) is 1.77. The van der Waals surface area contributed by atoms with E-state index in [2.05, 4.69) is 56.4 Å². The summed E-state index contributed by atoms with van der Waals surface area (Å²) in [4.78, 5) is 0. The molecule has 1 aliphatic heterocycles. The summed E-state index contributed by atoms with van der Waals surface area (Å²) in [7, 11) is 0. The van der Waals surface area contributed by atoms with Crippen LogP contribution in [0.15, 0.2) is 30.3 Å². The van der Waals surface area contributed by atoms with Crippen molar-refractivity contribution in [3.8, 4) is 0 Å². The predicted octanol–water partition coefficient (Wildman–Crippen LogP) is 2.48. The largest absolute Gasteiger partial charge is 0.386 e. The number of ether oxygens (including phenoxy) is 1. The summed E-state index contributed by atoms with van der Waals surface area (Å²) in [5.74, 6) is 0. The van der Waals surface area contributed by atoms with Gasteiger partial charge >= 0.3 is 0 Å². The van der Waals surface area contributed by atoms with Crippen LogP contribution in [0.3, 0.4) is 0 Å². The maximum absolute atomic E-state index is 10.3. The fourth-order valence-corrected chi connectivity index (χ4v) is 2.94. The standard InChI is InChI=1S/C17H27NO2/c1-14(18-12-17(19)9-10-20-13-17)11-16(2,3)15-7-5-4-6-8-15/h4-8,14,18-19H,9-13H2,1-3H3. The Morgan fingerprint density at radius 1 is 1.35 bits per heavy atom. The molecule has 3 nitrogen and oxygen atoms in total. The Bertz CT molecular complexity index is 410. The van der Waals surface area contributed by atoms with Crippen LogP contribution >= 0.6 is 0 Å². The molecule has 1 heterocycles. The van der Waals surface area contributed by atoms with Gasteiger partial charge in [-0.25, -0.2) is 0 Å². The van der Waals surface area contributed by atoms with Crippen molar-refractivity contribution in [1.82, 2.24) is 5.32 Å². The van der Waals surface area contributed by atoms with Gasteiger partial charge in [-0.2, -0.15) is 0 Å². The van der Waals surface area contributed by atoms with Crippen molar-refractivity contribution < 1.29 is 9.84 Å². The van der Waals surface area contributed by atoms with Crippen molar-refractivity contribution in [2.45, 2.75) is 50.7 Å². The third-order valence-corrected chi connectivity index (χ3v) is 4.23. The molecule has 0 radical (unpaired) electrons. The SMILES string of the molecule is CC(CC(C)(C)c1ccccc1)NCC1(O)CCOC1. The molecule has 1 saturated heterocycles. The van der Waals surface area contributed by atoms with Gasteiger partial charge in [0, 0.05) is 25.6 Å². The van der Waals surface area contributed by atoms with Crippen LogP contribution in [0.4, 0.5) is 0 Å². The minimum Gasteiger partial charge on any atom is -0.386 e. The third kappa shape index (κ3) is 4.05. The molecule has 0 bridgehead atoms. The van der Waals surface area contributed by atoms with E-state index in [0.29, 0.717) is 25.8 Å². The maximum atomic E-state index is 10.3. The van der Waals surface area contributed by atoms with E-state index < -0.39 is 5.60 Å². The van der Waals surface area contributed by atoms with Gasteiger partial charge in [0.05, 0.1) is 6.61 Å². The predicted molar refractivity (Wildman–Crippen MR) is 81.9 cm³/mol.